The minimum atomic E-state index is -0.185. The Kier molecular flexibility index (Phi) is 5.80. The lowest BCUT2D eigenvalue weighted by atomic mass is 10.1. The average molecular weight is 412 g/mol. The van der Waals surface area contributed by atoms with Crippen molar-refractivity contribution < 1.29 is 4.79 Å². The number of hydrogen-bond donors (Lipinski definition) is 2. The summed E-state index contributed by atoms with van der Waals surface area (Å²) in [5.41, 5.74) is 3.28. The summed E-state index contributed by atoms with van der Waals surface area (Å²) in [5.74, 6) is -0.185. The highest BCUT2D eigenvalue weighted by molar-refractivity contribution is 5.95. The van der Waals surface area contributed by atoms with E-state index in [1.165, 1.54) is 10.2 Å². The predicted molar refractivity (Wildman–Crippen MR) is 124 cm³/mol. The normalized spacial score (nSPS) is 11.8. The summed E-state index contributed by atoms with van der Waals surface area (Å²) in [4.78, 5) is 24.9. The Hall–Kier alpha value is -3.93. The van der Waals surface area contributed by atoms with E-state index < -0.39 is 0 Å². The second kappa shape index (κ2) is 8.83. The van der Waals surface area contributed by atoms with E-state index in [0.29, 0.717) is 22.2 Å². The molecule has 2 N–H and O–H groups in total. The summed E-state index contributed by atoms with van der Waals surface area (Å²) < 4.78 is 1.28. The first-order valence-electron chi connectivity index (χ1n) is 10.2. The van der Waals surface area contributed by atoms with Gasteiger partial charge in [-0.15, -0.1) is 0 Å². The number of hydrogen-bond acceptors (Lipinski definition) is 4. The number of rotatable bonds is 6. The zero-order valence-electron chi connectivity index (χ0n) is 17.5. The van der Waals surface area contributed by atoms with Gasteiger partial charge in [0.25, 0.3) is 5.56 Å². The van der Waals surface area contributed by atoms with E-state index in [0.717, 1.165) is 5.69 Å². The van der Waals surface area contributed by atoms with Crippen molar-refractivity contribution in [3.8, 4) is 0 Å². The highest BCUT2D eigenvalue weighted by Crippen LogP contribution is 2.21. The van der Waals surface area contributed by atoms with Gasteiger partial charge < -0.3 is 10.6 Å². The molecule has 0 radical (unpaired) electrons. The lowest BCUT2D eigenvalue weighted by Crippen LogP contribution is -2.24. The molecule has 1 heterocycles. The number of benzene rings is 3. The van der Waals surface area contributed by atoms with Crippen LogP contribution in [0.25, 0.3) is 10.8 Å². The van der Waals surface area contributed by atoms with Crippen molar-refractivity contribution in [3.05, 3.63) is 100 Å². The van der Waals surface area contributed by atoms with E-state index in [-0.39, 0.29) is 23.9 Å². The molecule has 4 rings (SSSR count). The van der Waals surface area contributed by atoms with Gasteiger partial charge in [-0.05, 0) is 42.8 Å². The van der Waals surface area contributed by atoms with Crippen LogP contribution in [-0.2, 0) is 18.3 Å². The number of anilines is 2. The van der Waals surface area contributed by atoms with Gasteiger partial charge in [-0.1, -0.05) is 48.5 Å². The second-order valence-electron chi connectivity index (χ2n) is 7.50. The van der Waals surface area contributed by atoms with E-state index >= 15 is 0 Å². The van der Waals surface area contributed by atoms with E-state index in [1.54, 1.807) is 13.1 Å². The first kappa shape index (κ1) is 20.3. The van der Waals surface area contributed by atoms with Crippen LogP contribution in [-0.4, -0.2) is 15.7 Å². The SMILES string of the molecule is CC(Nc1ccc(NC(=O)Cc2nn(C)c(=O)c3ccccc23)cc1)c1ccccc1. The molecule has 4 aromatic rings. The van der Waals surface area contributed by atoms with Crippen LogP contribution in [0, 0.1) is 0 Å². The summed E-state index contributed by atoms with van der Waals surface area (Å²) in [7, 11) is 1.60. The summed E-state index contributed by atoms with van der Waals surface area (Å²) in [5, 5.41) is 11.9. The number of nitrogens with one attached hydrogen (secondary N) is 2. The van der Waals surface area contributed by atoms with Crippen LogP contribution in [0.15, 0.2) is 83.7 Å². The number of aromatic nitrogens is 2. The fourth-order valence-electron chi connectivity index (χ4n) is 3.59. The summed E-state index contributed by atoms with van der Waals surface area (Å²) in [6, 6.07) is 25.2. The third kappa shape index (κ3) is 4.64. The Morgan fingerprint density at radius 3 is 2.23 bits per heavy atom. The second-order valence-corrected chi connectivity index (χ2v) is 7.50. The monoisotopic (exact) mass is 412 g/mol. The van der Waals surface area contributed by atoms with Gasteiger partial charge in [-0.3, -0.25) is 9.59 Å². The van der Waals surface area contributed by atoms with Gasteiger partial charge in [0.1, 0.15) is 0 Å². The number of amides is 1. The van der Waals surface area contributed by atoms with Gasteiger partial charge in [0, 0.05) is 29.9 Å². The van der Waals surface area contributed by atoms with Crippen molar-refractivity contribution in [2.45, 2.75) is 19.4 Å². The zero-order valence-corrected chi connectivity index (χ0v) is 17.5. The van der Waals surface area contributed by atoms with Crippen LogP contribution in [0.2, 0.25) is 0 Å². The predicted octanol–water partition coefficient (Wildman–Crippen LogP) is 4.29. The molecule has 1 amide bonds. The first-order chi connectivity index (χ1) is 15.0. The molecule has 0 fully saturated rings. The Bertz CT molecular complexity index is 1260. The fourth-order valence-corrected chi connectivity index (χ4v) is 3.59. The summed E-state index contributed by atoms with van der Waals surface area (Å²) >= 11 is 0. The van der Waals surface area contributed by atoms with Crippen LogP contribution >= 0.6 is 0 Å². The molecule has 1 unspecified atom stereocenters. The molecule has 6 nitrogen and oxygen atoms in total. The maximum absolute atomic E-state index is 12.6. The molecular formula is C25H24N4O2. The van der Waals surface area contributed by atoms with E-state index in [2.05, 4.69) is 34.8 Å². The van der Waals surface area contributed by atoms with Gasteiger partial charge in [0.2, 0.25) is 5.91 Å². The van der Waals surface area contributed by atoms with Gasteiger partial charge in [-0.2, -0.15) is 5.10 Å². The van der Waals surface area contributed by atoms with Crippen LogP contribution in [0.3, 0.4) is 0 Å². The largest absolute Gasteiger partial charge is 0.379 e. The molecule has 0 aliphatic carbocycles. The van der Waals surface area contributed by atoms with Crippen LogP contribution in [0.4, 0.5) is 11.4 Å². The maximum Gasteiger partial charge on any atom is 0.274 e. The van der Waals surface area contributed by atoms with Crippen molar-refractivity contribution in [3.63, 3.8) is 0 Å². The minimum Gasteiger partial charge on any atom is -0.379 e. The fraction of sp³-hybridized carbons (Fsp3) is 0.160. The van der Waals surface area contributed by atoms with Crippen molar-refractivity contribution in [1.82, 2.24) is 9.78 Å². The topological polar surface area (TPSA) is 76.0 Å². The molecule has 31 heavy (non-hydrogen) atoms. The van der Waals surface area contributed by atoms with E-state index in [9.17, 15) is 9.59 Å². The van der Waals surface area contributed by atoms with Gasteiger partial charge in [-0.25, -0.2) is 4.68 Å². The van der Waals surface area contributed by atoms with Gasteiger partial charge >= 0.3 is 0 Å². The van der Waals surface area contributed by atoms with Crippen LogP contribution in [0.1, 0.15) is 24.2 Å². The number of carbonyl (C=O) groups excluding carboxylic acids is 1. The van der Waals surface area contributed by atoms with E-state index in [4.69, 9.17) is 0 Å². The van der Waals surface area contributed by atoms with Gasteiger partial charge in [0.15, 0.2) is 0 Å². The minimum absolute atomic E-state index is 0.0830. The molecule has 0 aliphatic heterocycles. The van der Waals surface area contributed by atoms with Crippen molar-refractivity contribution in [2.24, 2.45) is 7.05 Å². The Morgan fingerprint density at radius 1 is 0.903 bits per heavy atom. The Balaban J connectivity index is 1.43. The summed E-state index contributed by atoms with van der Waals surface area (Å²) in [6.07, 6.45) is 0.0830. The third-order valence-electron chi connectivity index (χ3n) is 5.21. The molecule has 0 saturated carbocycles. The standard InChI is InChI=1S/C25H24N4O2/c1-17(18-8-4-3-5-9-18)26-19-12-14-20(15-13-19)27-24(30)16-23-21-10-6-7-11-22(21)25(31)29(2)28-23/h3-15,17,26H,16H2,1-2H3,(H,27,30). The molecule has 6 heteroatoms. The lowest BCUT2D eigenvalue weighted by Gasteiger charge is -2.16. The van der Waals surface area contributed by atoms with E-state index in [1.807, 2.05) is 60.7 Å². The average Bonchev–Trinajstić information content (AvgIpc) is 2.79. The van der Waals surface area contributed by atoms with Crippen molar-refractivity contribution in [2.75, 3.05) is 10.6 Å². The molecule has 156 valence electrons. The molecule has 0 saturated heterocycles. The molecule has 1 aromatic heterocycles. The van der Waals surface area contributed by atoms with Crippen LogP contribution in [0.5, 0.6) is 0 Å². The molecular weight excluding hydrogens is 388 g/mol. The van der Waals surface area contributed by atoms with Crippen molar-refractivity contribution in [1.29, 1.82) is 0 Å². The quantitative estimate of drug-likeness (QED) is 0.495. The number of nitrogens with zero attached hydrogens (tertiary/aromatic N) is 2. The molecule has 0 spiro atoms. The Morgan fingerprint density at radius 2 is 1.52 bits per heavy atom. The molecule has 3 aromatic carbocycles. The first-order valence-corrected chi connectivity index (χ1v) is 10.2. The lowest BCUT2D eigenvalue weighted by molar-refractivity contribution is -0.115. The number of aryl methyl sites for hydroxylation is 1. The highest BCUT2D eigenvalue weighted by Gasteiger charge is 2.13. The molecule has 0 aliphatic rings. The summed E-state index contributed by atoms with van der Waals surface area (Å²) in [6.45, 7) is 2.11. The molecule has 0 bridgehead atoms. The zero-order chi connectivity index (χ0) is 21.8. The smallest absolute Gasteiger partial charge is 0.274 e. The third-order valence-corrected chi connectivity index (χ3v) is 5.21. The Labute approximate surface area is 180 Å². The van der Waals surface area contributed by atoms with Crippen LogP contribution < -0.4 is 16.2 Å². The number of carbonyl (C=O) groups is 1. The maximum atomic E-state index is 12.6. The number of fused-ring (bicyclic) bond motifs is 1. The van der Waals surface area contributed by atoms with Crippen molar-refractivity contribution >= 4 is 28.1 Å². The molecule has 1 atom stereocenters. The highest BCUT2D eigenvalue weighted by atomic mass is 16.1. The van der Waals surface area contributed by atoms with Gasteiger partial charge in [0.05, 0.1) is 17.5 Å².